The zero-order valence-corrected chi connectivity index (χ0v) is 17.4. The molecule has 0 fully saturated rings. The summed E-state index contributed by atoms with van der Waals surface area (Å²) in [5.74, 6) is 0. The number of allylic oxidation sites excluding steroid dienone is 2. The molecule has 3 rings (SSSR count). The standard InChI is InChI=1S/C26H33N/c1-5-23(24-14-12-20(2)13-15-24)10-8-17-27-18-16-22(4)26(19-27)25-11-7-6-9-21(25)3/h5-7,9,11-15H,8,10,16-19H2,1-4H3/b23-5-. The molecule has 0 saturated heterocycles. The summed E-state index contributed by atoms with van der Waals surface area (Å²) in [4.78, 5) is 2.64. The Labute approximate surface area is 165 Å². The molecule has 0 radical (unpaired) electrons. The van der Waals surface area contributed by atoms with Crippen LogP contribution in [0.1, 0.15) is 55.4 Å². The first-order chi connectivity index (χ1) is 13.1. The summed E-state index contributed by atoms with van der Waals surface area (Å²) < 4.78 is 0. The molecule has 2 aromatic carbocycles. The number of hydrogen-bond acceptors (Lipinski definition) is 1. The molecular formula is C26H33N. The molecule has 0 spiro atoms. The van der Waals surface area contributed by atoms with Crippen LogP contribution in [0.15, 0.2) is 60.2 Å². The molecule has 0 bridgehead atoms. The van der Waals surface area contributed by atoms with Crippen molar-refractivity contribution in [3.05, 3.63) is 82.4 Å². The van der Waals surface area contributed by atoms with Gasteiger partial charge in [0.2, 0.25) is 0 Å². The Bertz CT molecular complexity index is 824. The van der Waals surface area contributed by atoms with Gasteiger partial charge in [-0.3, -0.25) is 4.90 Å². The fourth-order valence-corrected chi connectivity index (χ4v) is 4.05. The van der Waals surface area contributed by atoms with Gasteiger partial charge in [0.05, 0.1) is 0 Å². The van der Waals surface area contributed by atoms with Crippen LogP contribution in [0.2, 0.25) is 0 Å². The van der Waals surface area contributed by atoms with E-state index in [-0.39, 0.29) is 0 Å². The van der Waals surface area contributed by atoms with E-state index in [2.05, 4.69) is 87.2 Å². The maximum Gasteiger partial charge on any atom is 0.0239 e. The average Bonchev–Trinajstić information content (AvgIpc) is 2.68. The third-order valence-corrected chi connectivity index (χ3v) is 5.86. The molecule has 1 nitrogen and oxygen atoms in total. The Balaban J connectivity index is 1.59. The molecule has 0 saturated carbocycles. The summed E-state index contributed by atoms with van der Waals surface area (Å²) in [7, 11) is 0. The van der Waals surface area contributed by atoms with Crippen LogP contribution in [0.5, 0.6) is 0 Å². The molecule has 27 heavy (non-hydrogen) atoms. The van der Waals surface area contributed by atoms with Gasteiger partial charge in [-0.1, -0.05) is 65.7 Å². The number of benzene rings is 2. The summed E-state index contributed by atoms with van der Waals surface area (Å²) in [6, 6.07) is 17.8. The minimum Gasteiger partial charge on any atom is -0.299 e. The van der Waals surface area contributed by atoms with Crippen molar-refractivity contribution in [1.82, 2.24) is 4.90 Å². The van der Waals surface area contributed by atoms with Gasteiger partial charge in [-0.25, -0.2) is 0 Å². The van der Waals surface area contributed by atoms with Gasteiger partial charge >= 0.3 is 0 Å². The molecule has 0 atom stereocenters. The molecule has 1 heterocycles. The summed E-state index contributed by atoms with van der Waals surface area (Å²) in [6.07, 6.45) is 5.84. The van der Waals surface area contributed by atoms with Gasteiger partial charge in [0.15, 0.2) is 0 Å². The van der Waals surface area contributed by atoms with Crippen molar-refractivity contribution >= 4 is 11.1 Å². The lowest BCUT2D eigenvalue weighted by Crippen LogP contribution is -2.32. The third kappa shape index (κ3) is 4.99. The third-order valence-electron chi connectivity index (χ3n) is 5.86. The van der Waals surface area contributed by atoms with Crippen molar-refractivity contribution in [3.8, 4) is 0 Å². The normalized spacial score (nSPS) is 16.1. The van der Waals surface area contributed by atoms with Gasteiger partial charge < -0.3 is 0 Å². The van der Waals surface area contributed by atoms with Crippen molar-refractivity contribution in [2.24, 2.45) is 0 Å². The topological polar surface area (TPSA) is 3.24 Å². The van der Waals surface area contributed by atoms with Crippen LogP contribution in [0.25, 0.3) is 11.1 Å². The summed E-state index contributed by atoms with van der Waals surface area (Å²) >= 11 is 0. The van der Waals surface area contributed by atoms with E-state index in [1.54, 1.807) is 11.1 Å². The van der Waals surface area contributed by atoms with E-state index in [0.717, 1.165) is 13.0 Å². The van der Waals surface area contributed by atoms with Gasteiger partial charge in [-0.15, -0.1) is 0 Å². The fraction of sp³-hybridized carbons (Fsp3) is 0.385. The molecule has 1 aliphatic heterocycles. The van der Waals surface area contributed by atoms with Crippen molar-refractivity contribution in [1.29, 1.82) is 0 Å². The second kappa shape index (κ2) is 9.19. The van der Waals surface area contributed by atoms with Crippen LogP contribution in [0.4, 0.5) is 0 Å². The molecule has 1 heteroatoms. The number of nitrogens with zero attached hydrogens (tertiary/aromatic N) is 1. The van der Waals surface area contributed by atoms with E-state index < -0.39 is 0 Å². The summed E-state index contributed by atoms with van der Waals surface area (Å²) in [6.45, 7) is 12.3. The van der Waals surface area contributed by atoms with Gasteiger partial charge in [0.1, 0.15) is 0 Å². The quantitative estimate of drug-likeness (QED) is 0.557. The maximum atomic E-state index is 2.64. The number of hydrogen-bond donors (Lipinski definition) is 0. The zero-order valence-electron chi connectivity index (χ0n) is 17.4. The highest BCUT2D eigenvalue weighted by atomic mass is 15.1. The average molecular weight is 360 g/mol. The molecule has 0 unspecified atom stereocenters. The zero-order chi connectivity index (χ0) is 19.2. The molecule has 1 aliphatic rings. The molecular weight excluding hydrogens is 326 g/mol. The van der Waals surface area contributed by atoms with Crippen LogP contribution in [0.3, 0.4) is 0 Å². The Hall–Kier alpha value is -2.12. The highest BCUT2D eigenvalue weighted by molar-refractivity contribution is 5.72. The largest absolute Gasteiger partial charge is 0.299 e. The predicted molar refractivity (Wildman–Crippen MR) is 119 cm³/mol. The molecule has 0 N–H and O–H groups in total. The first-order valence-electron chi connectivity index (χ1n) is 10.3. The first-order valence-corrected chi connectivity index (χ1v) is 10.3. The van der Waals surface area contributed by atoms with Crippen molar-refractivity contribution in [2.75, 3.05) is 19.6 Å². The number of rotatable bonds is 6. The second-order valence-corrected chi connectivity index (χ2v) is 7.88. The maximum absolute atomic E-state index is 2.64. The van der Waals surface area contributed by atoms with E-state index in [4.69, 9.17) is 0 Å². The van der Waals surface area contributed by atoms with Crippen LogP contribution in [0, 0.1) is 13.8 Å². The molecule has 0 amide bonds. The lowest BCUT2D eigenvalue weighted by molar-refractivity contribution is 0.297. The van der Waals surface area contributed by atoms with Gasteiger partial charge in [-0.05, 0) is 81.3 Å². The van der Waals surface area contributed by atoms with Gasteiger partial charge in [-0.2, -0.15) is 0 Å². The minimum absolute atomic E-state index is 1.09. The van der Waals surface area contributed by atoms with Crippen LogP contribution < -0.4 is 0 Å². The lowest BCUT2D eigenvalue weighted by Gasteiger charge is -2.31. The molecule has 0 aromatic heterocycles. The SMILES string of the molecule is C/C=C(/CCCN1CCC(C)=C(c2ccccc2C)C1)c1ccc(C)cc1. The minimum atomic E-state index is 1.09. The van der Waals surface area contributed by atoms with Crippen molar-refractivity contribution in [2.45, 2.75) is 47.0 Å². The van der Waals surface area contributed by atoms with E-state index in [0.29, 0.717) is 0 Å². The number of aryl methyl sites for hydroxylation is 2. The van der Waals surface area contributed by atoms with E-state index in [1.165, 1.54) is 53.8 Å². The van der Waals surface area contributed by atoms with Gasteiger partial charge in [0.25, 0.3) is 0 Å². The molecule has 0 aliphatic carbocycles. The van der Waals surface area contributed by atoms with Crippen LogP contribution >= 0.6 is 0 Å². The first kappa shape index (κ1) is 19.6. The molecule has 142 valence electrons. The fourth-order valence-electron chi connectivity index (χ4n) is 4.05. The lowest BCUT2D eigenvalue weighted by atomic mass is 9.92. The highest BCUT2D eigenvalue weighted by Gasteiger charge is 2.18. The summed E-state index contributed by atoms with van der Waals surface area (Å²) in [5.41, 5.74) is 10.1. The van der Waals surface area contributed by atoms with E-state index in [1.807, 2.05) is 0 Å². The van der Waals surface area contributed by atoms with Crippen LogP contribution in [-0.4, -0.2) is 24.5 Å². The van der Waals surface area contributed by atoms with Crippen LogP contribution in [-0.2, 0) is 0 Å². The smallest absolute Gasteiger partial charge is 0.0239 e. The Morgan fingerprint density at radius 2 is 1.74 bits per heavy atom. The van der Waals surface area contributed by atoms with Gasteiger partial charge in [0, 0.05) is 13.1 Å². The van der Waals surface area contributed by atoms with Crippen molar-refractivity contribution in [3.63, 3.8) is 0 Å². The molecule has 2 aromatic rings. The second-order valence-electron chi connectivity index (χ2n) is 7.88. The Morgan fingerprint density at radius 1 is 1.00 bits per heavy atom. The Kier molecular flexibility index (Phi) is 6.68. The monoisotopic (exact) mass is 359 g/mol. The van der Waals surface area contributed by atoms with Crippen molar-refractivity contribution < 1.29 is 0 Å². The highest BCUT2D eigenvalue weighted by Crippen LogP contribution is 2.29. The summed E-state index contributed by atoms with van der Waals surface area (Å²) in [5, 5.41) is 0. The predicted octanol–water partition coefficient (Wildman–Crippen LogP) is 6.67. The van der Waals surface area contributed by atoms with E-state index in [9.17, 15) is 0 Å². The van der Waals surface area contributed by atoms with E-state index >= 15 is 0 Å². The Morgan fingerprint density at radius 3 is 2.44 bits per heavy atom.